The van der Waals surface area contributed by atoms with Gasteiger partial charge in [0.15, 0.2) is 0 Å². The maximum atomic E-state index is 6.27. The van der Waals surface area contributed by atoms with Gasteiger partial charge in [0.05, 0.1) is 0 Å². The molecule has 0 radical (unpaired) electrons. The van der Waals surface area contributed by atoms with Crippen molar-refractivity contribution in [1.29, 1.82) is 0 Å². The van der Waals surface area contributed by atoms with Gasteiger partial charge in [-0.25, -0.2) is 0 Å². The first kappa shape index (κ1) is 11.6. The Labute approximate surface area is 97.7 Å². The zero-order chi connectivity index (χ0) is 11.4. The van der Waals surface area contributed by atoms with Crippen LogP contribution in [-0.2, 0) is 0 Å². The Hall–Kier alpha value is -0.930. The summed E-state index contributed by atoms with van der Waals surface area (Å²) in [5.74, 6) is 0. The summed E-state index contributed by atoms with van der Waals surface area (Å²) in [6, 6.07) is 4.78. The Morgan fingerprint density at radius 1 is 1.31 bits per heavy atom. The number of hydrogen-bond acceptors (Lipinski definition) is 3. The second-order valence-corrected chi connectivity index (χ2v) is 4.54. The molecule has 1 aliphatic rings. The first-order chi connectivity index (χ1) is 7.83. The zero-order valence-electron chi connectivity index (χ0n) is 9.97. The summed E-state index contributed by atoms with van der Waals surface area (Å²) < 4.78 is 0. The van der Waals surface area contributed by atoms with Gasteiger partial charge in [-0.1, -0.05) is 6.92 Å². The summed E-state index contributed by atoms with van der Waals surface area (Å²) in [4.78, 5) is 6.60. The van der Waals surface area contributed by atoms with Crippen molar-refractivity contribution in [2.45, 2.75) is 38.3 Å². The van der Waals surface area contributed by atoms with E-state index in [0.717, 1.165) is 6.42 Å². The number of aromatic nitrogens is 1. The quantitative estimate of drug-likeness (QED) is 0.841. The third kappa shape index (κ3) is 2.42. The molecule has 0 spiro atoms. The number of pyridine rings is 1. The summed E-state index contributed by atoms with van der Waals surface area (Å²) in [6.45, 7) is 4.52. The van der Waals surface area contributed by atoms with Crippen LogP contribution in [0.3, 0.4) is 0 Å². The molecule has 2 atom stereocenters. The van der Waals surface area contributed by atoms with Crippen molar-refractivity contribution in [1.82, 2.24) is 9.88 Å². The molecule has 1 aliphatic heterocycles. The molecule has 1 saturated heterocycles. The predicted molar refractivity (Wildman–Crippen MR) is 66.1 cm³/mol. The van der Waals surface area contributed by atoms with Crippen LogP contribution in [-0.4, -0.2) is 29.0 Å². The highest BCUT2D eigenvalue weighted by molar-refractivity contribution is 5.17. The van der Waals surface area contributed by atoms with E-state index in [1.807, 2.05) is 12.4 Å². The van der Waals surface area contributed by atoms with Crippen molar-refractivity contribution in [3.8, 4) is 0 Å². The predicted octanol–water partition coefficient (Wildman–Crippen LogP) is 1.96. The molecule has 0 aromatic carbocycles. The van der Waals surface area contributed by atoms with Gasteiger partial charge in [-0.2, -0.15) is 0 Å². The number of rotatable bonds is 4. The van der Waals surface area contributed by atoms with E-state index in [1.54, 1.807) is 0 Å². The van der Waals surface area contributed by atoms with E-state index in [-0.39, 0.29) is 6.04 Å². The molecule has 1 fully saturated rings. The average molecular weight is 219 g/mol. The molecule has 2 rings (SSSR count). The molecule has 3 heteroatoms. The van der Waals surface area contributed by atoms with E-state index in [1.165, 1.54) is 31.5 Å². The number of nitrogens with two attached hydrogens (primary N) is 1. The molecule has 3 nitrogen and oxygen atoms in total. The minimum Gasteiger partial charge on any atom is -0.326 e. The lowest BCUT2D eigenvalue weighted by Crippen LogP contribution is -2.39. The van der Waals surface area contributed by atoms with Crippen LogP contribution in [0.15, 0.2) is 24.5 Å². The van der Waals surface area contributed by atoms with Crippen LogP contribution in [0.5, 0.6) is 0 Å². The minimum absolute atomic E-state index is 0.223. The number of hydrogen-bond donors (Lipinski definition) is 1. The Bertz CT molecular complexity index is 306. The van der Waals surface area contributed by atoms with E-state index >= 15 is 0 Å². The van der Waals surface area contributed by atoms with Gasteiger partial charge in [-0.3, -0.25) is 9.88 Å². The van der Waals surface area contributed by atoms with Gasteiger partial charge in [0.1, 0.15) is 0 Å². The van der Waals surface area contributed by atoms with Crippen LogP contribution in [0.25, 0.3) is 0 Å². The van der Waals surface area contributed by atoms with Crippen LogP contribution < -0.4 is 5.73 Å². The average Bonchev–Trinajstić information content (AvgIpc) is 2.84. The lowest BCUT2D eigenvalue weighted by atomic mass is 9.97. The van der Waals surface area contributed by atoms with Gasteiger partial charge < -0.3 is 5.73 Å². The van der Waals surface area contributed by atoms with Gasteiger partial charge in [0, 0.05) is 24.5 Å². The van der Waals surface area contributed by atoms with E-state index in [9.17, 15) is 0 Å². The molecule has 2 heterocycles. The molecule has 2 N–H and O–H groups in total. The maximum Gasteiger partial charge on any atom is 0.0500 e. The highest BCUT2D eigenvalue weighted by Gasteiger charge is 2.27. The lowest BCUT2D eigenvalue weighted by molar-refractivity contribution is 0.209. The highest BCUT2D eigenvalue weighted by atomic mass is 15.2. The second kappa shape index (κ2) is 5.41. The Kier molecular flexibility index (Phi) is 3.91. The fourth-order valence-corrected chi connectivity index (χ4v) is 2.53. The molecule has 0 bridgehead atoms. The van der Waals surface area contributed by atoms with E-state index < -0.39 is 0 Å². The normalized spacial score (nSPS) is 20.9. The number of nitrogens with zero attached hydrogens (tertiary/aromatic N) is 2. The van der Waals surface area contributed by atoms with E-state index in [4.69, 9.17) is 5.73 Å². The molecule has 2 unspecified atom stereocenters. The van der Waals surface area contributed by atoms with Gasteiger partial charge in [0.2, 0.25) is 0 Å². The maximum absolute atomic E-state index is 6.27. The summed E-state index contributed by atoms with van der Waals surface area (Å²) in [7, 11) is 0. The molecule has 1 aromatic heterocycles. The fourth-order valence-electron chi connectivity index (χ4n) is 2.53. The van der Waals surface area contributed by atoms with Crippen LogP contribution >= 0.6 is 0 Å². The first-order valence-electron chi connectivity index (χ1n) is 6.22. The van der Waals surface area contributed by atoms with Crippen LogP contribution in [0.4, 0.5) is 0 Å². The molecule has 0 amide bonds. The highest BCUT2D eigenvalue weighted by Crippen LogP contribution is 2.27. The summed E-state index contributed by atoms with van der Waals surface area (Å²) in [6.07, 6.45) is 7.35. The van der Waals surface area contributed by atoms with Gasteiger partial charge in [0.25, 0.3) is 0 Å². The smallest absolute Gasteiger partial charge is 0.0500 e. The van der Waals surface area contributed by atoms with Crippen molar-refractivity contribution in [3.05, 3.63) is 30.1 Å². The topological polar surface area (TPSA) is 42.1 Å². The molecule has 1 aromatic rings. The minimum atomic E-state index is 0.223. The zero-order valence-corrected chi connectivity index (χ0v) is 9.97. The molecule has 88 valence electrons. The van der Waals surface area contributed by atoms with Crippen LogP contribution in [0, 0.1) is 0 Å². The van der Waals surface area contributed by atoms with Crippen LogP contribution in [0.2, 0.25) is 0 Å². The third-order valence-electron chi connectivity index (χ3n) is 3.46. The van der Waals surface area contributed by atoms with E-state index in [2.05, 4.69) is 28.9 Å². The molecule has 0 aliphatic carbocycles. The largest absolute Gasteiger partial charge is 0.326 e. The van der Waals surface area contributed by atoms with Gasteiger partial charge >= 0.3 is 0 Å². The van der Waals surface area contributed by atoms with E-state index in [0.29, 0.717) is 6.04 Å². The molecule has 0 saturated carbocycles. The van der Waals surface area contributed by atoms with Crippen molar-refractivity contribution in [2.24, 2.45) is 5.73 Å². The monoisotopic (exact) mass is 219 g/mol. The fraction of sp³-hybridized carbons (Fsp3) is 0.615. The molecular weight excluding hydrogens is 198 g/mol. The Balaban J connectivity index is 2.20. The summed E-state index contributed by atoms with van der Waals surface area (Å²) in [5.41, 5.74) is 7.58. The van der Waals surface area contributed by atoms with Crippen molar-refractivity contribution in [3.63, 3.8) is 0 Å². The SMILES string of the molecule is CCC(N)C(c1ccncc1)N1CCCC1. The lowest BCUT2D eigenvalue weighted by Gasteiger charge is -2.32. The van der Waals surface area contributed by atoms with Crippen molar-refractivity contribution < 1.29 is 0 Å². The summed E-state index contributed by atoms with van der Waals surface area (Å²) in [5, 5.41) is 0. The van der Waals surface area contributed by atoms with Crippen molar-refractivity contribution >= 4 is 0 Å². The van der Waals surface area contributed by atoms with Crippen LogP contribution in [0.1, 0.15) is 37.8 Å². The van der Waals surface area contributed by atoms with Gasteiger partial charge in [-0.15, -0.1) is 0 Å². The Morgan fingerprint density at radius 3 is 2.50 bits per heavy atom. The second-order valence-electron chi connectivity index (χ2n) is 4.54. The summed E-state index contributed by atoms with van der Waals surface area (Å²) >= 11 is 0. The number of likely N-dealkylation sites (tertiary alicyclic amines) is 1. The Morgan fingerprint density at radius 2 is 1.94 bits per heavy atom. The first-order valence-corrected chi connectivity index (χ1v) is 6.22. The third-order valence-corrected chi connectivity index (χ3v) is 3.46. The standard InChI is InChI=1S/C13H21N3/c1-2-12(14)13(16-9-3-4-10-16)11-5-7-15-8-6-11/h5-8,12-13H,2-4,9-10,14H2,1H3. The van der Waals surface area contributed by atoms with Crippen molar-refractivity contribution in [2.75, 3.05) is 13.1 Å². The molecule has 16 heavy (non-hydrogen) atoms. The van der Waals surface area contributed by atoms with Gasteiger partial charge in [-0.05, 0) is 50.0 Å². The molecular formula is C13H21N3.